The lowest BCUT2D eigenvalue weighted by Crippen LogP contribution is -2.61. The second kappa shape index (κ2) is 11.4. The number of hydrogen-bond donors (Lipinski definition) is 4. The van der Waals surface area contributed by atoms with Gasteiger partial charge in [0.2, 0.25) is 0 Å². The Morgan fingerprint density at radius 1 is 1.05 bits per heavy atom. The van der Waals surface area contributed by atoms with Gasteiger partial charge in [0.25, 0.3) is 5.91 Å². The zero-order chi connectivity index (χ0) is 27.5. The largest absolute Gasteiger partial charge is 0.493 e. The standard InChI is InChI=1S/C28H36N4O5S.2ClH/c1-27(2)12-18(13-28(3,4)32-27)29-14-16-7-8-21-17(9-16)10-22(31-21)19-11-23(36-5)25(37-38(6,34)35)20-15-30-26(33)24(19)20;;/h7-11,18,29,31-32H,12-15H2,1-6H3,(H,30,33);2*1H. The first kappa shape index (κ1) is 32.0. The number of aromatic nitrogens is 1. The second-order valence-corrected chi connectivity index (χ2v) is 13.3. The third-order valence-corrected chi connectivity index (χ3v) is 7.68. The van der Waals surface area contributed by atoms with Gasteiger partial charge in [0.15, 0.2) is 11.5 Å². The van der Waals surface area contributed by atoms with Gasteiger partial charge in [-0.1, -0.05) is 6.07 Å². The number of carbonyl (C=O) groups excluding carboxylic acids is 1. The zero-order valence-electron chi connectivity index (χ0n) is 23.6. The fraction of sp³-hybridized carbons (Fsp3) is 0.464. The Hall–Kier alpha value is -2.50. The number of hydrogen-bond acceptors (Lipinski definition) is 7. The third-order valence-electron chi connectivity index (χ3n) is 7.21. The Kier molecular flexibility index (Phi) is 9.13. The predicted molar refractivity (Wildman–Crippen MR) is 163 cm³/mol. The van der Waals surface area contributed by atoms with Crippen molar-refractivity contribution in [3.8, 4) is 22.8 Å². The summed E-state index contributed by atoms with van der Waals surface area (Å²) in [6.07, 6.45) is 3.08. The molecule has 220 valence electrons. The molecule has 9 nitrogen and oxygen atoms in total. The van der Waals surface area contributed by atoms with Crippen LogP contribution in [-0.2, 0) is 23.2 Å². The van der Waals surface area contributed by atoms with Gasteiger partial charge < -0.3 is 29.9 Å². The van der Waals surface area contributed by atoms with Gasteiger partial charge in [-0.05, 0) is 70.4 Å². The molecule has 12 heteroatoms. The molecule has 1 saturated heterocycles. The summed E-state index contributed by atoms with van der Waals surface area (Å²) in [6.45, 7) is 9.92. The maximum atomic E-state index is 12.8. The van der Waals surface area contributed by atoms with Crippen molar-refractivity contribution < 1.29 is 22.1 Å². The molecule has 1 fully saturated rings. The summed E-state index contributed by atoms with van der Waals surface area (Å²) in [5.74, 6) is 0.00486. The molecule has 1 aromatic heterocycles. The maximum absolute atomic E-state index is 12.8. The number of carbonyl (C=O) groups is 1. The highest BCUT2D eigenvalue weighted by atomic mass is 35.5. The first-order valence-electron chi connectivity index (χ1n) is 12.8. The lowest BCUT2D eigenvalue weighted by atomic mass is 9.79. The van der Waals surface area contributed by atoms with Crippen molar-refractivity contribution in [1.82, 2.24) is 20.9 Å². The van der Waals surface area contributed by atoms with Crippen molar-refractivity contribution in [1.29, 1.82) is 0 Å². The van der Waals surface area contributed by atoms with Crippen LogP contribution in [0.25, 0.3) is 22.2 Å². The summed E-state index contributed by atoms with van der Waals surface area (Å²) in [7, 11) is -2.37. The summed E-state index contributed by atoms with van der Waals surface area (Å²) in [5.41, 5.74) is 4.49. The number of H-pyrrole nitrogens is 1. The first-order valence-corrected chi connectivity index (χ1v) is 14.6. The molecule has 40 heavy (non-hydrogen) atoms. The number of piperidine rings is 1. The average Bonchev–Trinajstić information content (AvgIpc) is 3.38. The van der Waals surface area contributed by atoms with Crippen LogP contribution in [0.4, 0.5) is 0 Å². The summed E-state index contributed by atoms with van der Waals surface area (Å²) >= 11 is 0. The third kappa shape index (κ3) is 6.69. The molecule has 2 aliphatic rings. The molecule has 0 saturated carbocycles. The minimum atomic E-state index is -3.81. The molecule has 2 aromatic carbocycles. The Morgan fingerprint density at radius 2 is 1.73 bits per heavy atom. The molecule has 5 rings (SSSR count). The summed E-state index contributed by atoms with van der Waals surface area (Å²) < 4.78 is 34.4. The SMILES string of the molecule is COc1cc(-c2cc3cc(CNC4CC(C)(C)NC(C)(C)C4)ccc3[nH]2)c2c(c1OS(C)(=O)=O)CNC2=O.Cl.Cl. The normalized spacial score (nSPS) is 17.9. The Balaban J connectivity index is 0.00000220. The number of benzene rings is 2. The molecule has 0 aliphatic carbocycles. The van der Waals surface area contributed by atoms with E-state index in [9.17, 15) is 13.2 Å². The molecule has 2 aliphatic heterocycles. The second-order valence-electron chi connectivity index (χ2n) is 11.8. The van der Waals surface area contributed by atoms with Gasteiger partial charge in [0, 0.05) is 57.9 Å². The Labute approximate surface area is 248 Å². The van der Waals surface area contributed by atoms with E-state index in [0.717, 1.165) is 42.2 Å². The molecule has 1 amide bonds. The molecule has 3 heterocycles. The number of amides is 1. The van der Waals surface area contributed by atoms with Gasteiger partial charge in [0.05, 0.1) is 18.9 Å². The van der Waals surface area contributed by atoms with Crippen molar-refractivity contribution in [2.45, 2.75) is 70.7 Å². The van der Waals surface area contributed by atoms with Crippen LogP contribution in [-0.4, -0.2) is 49.8 Å². The lowest BCUT2D eigenvalue weighted by Gasteiger charge is -2.46. The molecular weight excluding hydrogens is 575 g/mol. The average molecular weight is 614 g/mol. The van der Waals surface area contributed by atoms with E-state index in [-0.39, 0.29) is 59.8 Å². The number of aromatic amines is 1. The molecule has 0 bridgehead atoms. The molecule has 0 unspecified atom stereocenters. The van der Waals surface area contributed by atoms with Crippen LogP contribution in [0.3, 0.4) is 0 Å². The number of methoxy groups -OCH3 is 1. The fourth-order valence-corrected chi connectivity index (χ4v) is 6.64. The highest BCUT2D eigenvalue weighted by molar-refractivity contribution is 7.86. The topological polar surface area (TPSA) is 122 Å². The van der Waals surface area contributed by atoms with E-state index >= 15 is 0 Å². The van der Waals surface area contributed by atoms with Gasteiger partial charge >= 0.3 is 10.1 Å². The number of rotatable bonds is 7. The highest BCUT2D eigenvalue weighted by Crippen LogP contribution is 2.43. The molecule has 3 aromatic rings. The van der Waals surface area contributed by atoms with Crippen molar-refractivity contribution in [2.75, 3.05) is 13.4 Å². The van der Waals surface area contributed by atoms with Crippen LogP contribution in [0.5, 0.6) is 11.5 Å². The predicted octanol–water partition coefficient (Wildman–Crippen LogP) is 4.67. The van der Waals surface area contributed by atoms with E-state index < -0.39 is 10.1 Å². The van der Waals surface area contributed by atoms with Gasteiger partial charge in [-0.3, -0.25) is 4.79 Å². The number of halogens is 2. The van der Waals surface area contributed by atoms with Crippen molar-refractivity contribution >= 4 is 51.7 Å². The van der Waals surface area contributed by atoms with Gasteiger partial charge in [-0.2, -0.15) is 8.42 Å². The van der Waals surface area contributed by atoms with Crippen LogP contribution in [0, 0.1) is 0 Å². The van der Waals surface area contributed by atoms with Gasteiger partial charge in [-0.25, -0.2) is 0 Å². The zero-order valence-corrected chi connectivity index (χ0v) is 26.0. The van der Waals surface area contributed by atoms with E-state index in [1.165, 1.54) is 12.7 Å². The lowest BCUT2D eigenvalue weighted by molar-refractivity contribution is 0.0966. The number of fused-ring (bicyclic) bond motifs is 2. The Bertz CT molecular complexity index is 1520. The Morgan fingerprint density at radius 3 is 2.35 bits per heavy atom. The van der Waals surface area contributed by atoms with Gasteiger partial charge in [-0.15, -0.1) is 24.8 Å². The molecule has 0 radical (unpaired) electrons. The van der Waals surface area contributed by atoms with Crippen molar-refractivity contribution in [3.63, 3.8) is 0 Å². The summed E-state index contributed by atoms with van der Waals surface area (Å²) in [4.78, 5) is 16.2. The van der Waals surface area contributed by atoms with E-state index in [0.29, 0.717) is 22.7 Å². The number of nitrogens with one attached hydrogen (secondary N) is 4. The van der Waals surface area contributed by atoms with E-state index in [4.69, 9.17) is 8.92 Å². The molecular formula is C28H38Cl2N4O5S. The molecule has 0 atom stereocenters. The van der Waals surface area contributed by atoms with Crippen LogP contribution >= 0.6 is 24.8 Å². The van der Waals surface area contributed by atoms with Crippen molar-refractivity contribution in [3.05, 3.63) is 47.0 Å². The smallest absolute Gasteiger partial charge is 0.306 e. The van der Waals surface area contributed by atoms with E-state index in [1.807, 2.05) is 12.1 Å². The first-order chi connectivity index (χ1) is 17.7. The quantitative estimate of drug-likeness (QED) is 0.286. The minimum absolute atomic E-state index is 0. The number of ether oxygens (including phenoxy) is 1. The fourth-order valence-electron chi connectivity index (χ4n) is 6.15. The van der Waals surface area contributed by atoms with E-state index in [2.05, 4.69) is 60.8 Å². The van der Waals surface area contributed by atoms with Crippen LogP contribution in [0.15, 0.2) is 30.3 Å². The summed E-state index contributed by atoms with van der Waals surface area (Å²) in [6, 6.07) is 10.4. The maximum Gasteiger partial charge on any atom is 0.306 e. The monoisotopic (exact) mass is 612 g/mol. The van der Waals surface area contributed by atoms with Gasteiger partial charge in [0.1, 0.15) is 0 Å². The van der Waals surface area contributed by atoms with Crippen LogP contribution < -0.4 is 24.9 Å². The minimum Gasteiger partial charge on any atom is -0.493 e. The highest BCUT2D eigenvalue weighted by Gasteiger charge is 2.37. The molecule has 4 N–H and O–H groups in total. The van der Waals surface area contributed by atoms with Crippen LogP contribution in [0.1, 0.15) is 62.0 Å². The molecule has 0 spiro atoms. The van der Waals surface area contributed by atoms with Crippen LogP contribution in [0.2, 0.25) is 0 Å². The summed E-state index contributed by atoms with van der Waals surface area (Å²) in [5, 5.41) is 11.3. The van der Waals surface area contributed by atoms with E-state index in [1.54, 1.807) is 6.07 Å². The van der Waals surface area contributed by atoms with Crippen molar-refractivity contribution in [2.24, 2.45) is 0 Å².